The van der Waals surface area contributed by atoms with Crippen LogP contribution in [-0.2, 0) is 4.74 Å². The highest BCUT2D eigenvalue weighted by Crippen LogP contribution is 2.04. The van der Waals surface area contributed by atoms with Crippen LogP contribution in [0.15, 0.2) is 0 Å². The van der Waals surface area contributed by atoms with Gasteiger partial charge in [-0.15, -0.1) is 0 Å². The molecule has 0 atom stereocenters. The van der Waals surface area contributed by atoms with Crippen LogP contribution in [0.4, 0.5) is 4.39 Å². The molecule has 0 rings (SSSR count). The van der Waals surface area contributed by atoms with Crippen molar-refractivity contribution in [3.8, 4) is 0 Å². The van der Waals surface area contributed by atoms with Crippen LogP contribution < -0.4 is 0 Å². The smallest absolute Gasteiger partial charge is 0.113 e. The Morgan fingerprint density at radius 2 is 1.58 bits per heavy atom. The first-order valence-electron chi connectivity index (χ1n) is 4.84. The van der Waals surface area contributed by atoms with Crippen molar-refractivity contribution in [2.45, 2.75) is 38.5 Å². The van der Waals surface area contributed by atoms with Crippen molar-refractivity contribution >= 4 is 0 Å². The molecule has 1 radical (unpaired) electrons. The molecule has 0 amide bonds. The van der Waals surface area contributed by atoms with Crippen molar-refractivity contribution in [2.24, 2.45) is 0 Å². The maximum absolute atomic E-state index is 11.5. The molecule has 0 heterocycles. The van der Waals surface area contributed by atoms with Crippen LogP contribution in [-0.4, -0.2) is 19.9 Å². The van der Waals surface area contributed by atoms with Gasteiger partial charge in [-0.25, -0.2) is 4.39 Å². The van der Waals surface area contributed by atoms with Gasteiger partial charge in [0.2, 0.25) is 0 Å². The zero-order valence-corrected chi connectivity index (χ0v) is 7.86. The van der Waals surface area contributed by atoms with Crippen molar-refractivity contribution < 1.29 is 9.13 Å². The summed E-state index contributed by atoms with van der Waals surface area (Å²) in [4.78, 5) is 0. The van der Waals surface area contributed by atoms with Crippen LogP contribution in [0.2, 0.25) is 0 Å². The van der Waals surface area contributed by atoms with Crippen LogP contribution >= 0.6 is 0 Å². The summed E-state index contributed by atoms with van der Waals surface area (Å²) in [7, 11) is 0. The zero-order valence-electron chi connectivity index (χ0n) is 7.86. The van der Waals surface area contributed by atoms with E-state index < -0.39 is 0 Å². The SMILES string of the molecule is [CH2]CCCCCCCOCCF. The van der Waals surface area contributed by atoms with Crippen molar-refractivity contribution in [1.29, 1.82) is 0 Å². The molecule has 0 aromatic rings. The third-order valence-corrected chi connectivity index (χ3v) is 1.76. The molecule has 0 saturated heterocycles. The van der Waals surface area contributed by atoms with Gasteiger partial charge in [0.25, 0.3) is 0 Å². The first kappa shape index (κ1) is 11.9. The lowest BCUT2D eigenvalue weighted by Crippen LogP contribution is -1.97. The normalized spacial score (nSPS) is 10.5. The summed E-state index contributed by atoms with van der Waals surface area (Å²) in [6.07, 6.45) is 7.06. The van der Waals surface area contributed by atoms with Crippen LogP contribution in [0.1, 0.15) is 38.5 Å². The van der Waals surface area contributed by atoms with Crippen molar-refractivity contribution in [1.82, 2.24) is 0 Å². The number of ether oxygens (including phenoxy) is 1. The van der Waals surface area contributed by atoms with Gasteiger partial charge in [-0.1, -0.05) is 39.0 Å². The van der Waals surface area contributed by atoms with Gasteiger partial charge in [0.15, 0.2) is 0 Å². The minimum absolute atomic E-state index is 0.263. The second-order valence-corrected chi connectivity index (χ2v) is 2.92. The molecular formula is C10H20FO. The predicted molar refractivity (Wildman–Crippen MR) is 49.9 cm³/mol. The Morgan fingerprint density at radius 1 is 0.917 bits per heavy atom. The lowest BCUT2D eigenvalue weighted by molar-refractivity contribution is 0.115. The van der Waals surface area contributed by atoms with E-state index in [4.69, 9.17) is 4.74 Å². The Labute approximate surface area is 75.3 Å². The first-order valence-corrected chi connectivity index (χ1v) is 4.84. The molecular weight excluding hydrogens is 155 g/mol. The number of alkyl halides is 1. The summed E-state index contributed by atoms with van der Waals surface area (Å²) in [6, 6.07) is 0. The fraction of sp³-hybridized carbons (Fsp3) is 0.900. The van der Waals surface area contributed by atoms with E-state index in [1.165, 1.54) is 25.7 Å². The van der Waals surface area contributed by atoms with E-state index in [-0.39, 0.29) is 13.3 Å². The highest BCUT2D eigenvalue weighted by molar-refractivity contribution is 4.45. The number of hydrogen-bond acceptors (Lipinski definition) is 1. The molecule has 0 spiro atoms. The van der Waals surface area contributed by atoms with E-state index in [0.717, 1.165) is 12.8 Å². The molecule has 0 aliphatic carbocycles. The maximum atomic E-state index is 11.5. The fourth-order valence-electron chi connectivity index (χ4n) is 1.07. The van der Waals surface area contributed by atoms with E-state index in [2.05, 4.69) is 6.92 Å². The maximum Gasteiger partial charge on any atom is 0.113 e. The Hall–Kier alpha value is -0.110. The molecule has 2 heteroatoms. The molecule has 73 valence electrons. The van der Waals surface area contributed by atoms with Gasteiger partial charge in [-0.2, -0.15) is 0 Å². The first-order chi connectivity index (χ1) is 5.91. The average molecular weight is 175 g/mol. The minimum Gasteiger partial charge on any atom is -0.379 e. The molecule has 0 N–H and O–H groups in total. The van der Waals surface area contributed by atoms with Crippen LogP contribution in [0.5, 0.6) is 0 Å². The summed E-state index contributed by atoms with van der Waals surface area (Å²) < 4.78 is 16.5. The van der Waals surface area contributed by atoms with Gasteiger partial charge in [-0.3, -0.25) is 0 Å². The van der Waals surface area contributed by atoms with E-state index in [9.17, 15) is 4.39 Å². The average Bonchev–Trinajstić information content (AvgIpc) is 2.10. The third-order valence-electron chi connectivity index (χ3n) is 1.76. The Kier molecular flexibility index (Phi) is 10.8. The number of unbranched alkanes of at least 4 members (excludes halogenated alkanes) is 5. The molecule has 0 unspecified atom stereocenters. The molecule has 0 aromatic carbocycles. The molecule has 12 heavy (non-hydrogen) atoms. The fourth-order valence-corrected chi connectivity index (χ4v) is 1.07. The highest BCUT2D eigenvalue weighted by Gasteiger charge is 1.90. The summed E-state index contributed by atoms with van der Waals surface area (Å²) in [5, 5.41) is 0. The standard InChI is InChI=1S/C10H20FO/c1-2-3-4-5-6-7-9-12-10-8-11/h1-10H2. The predicted octanol–water partition coefficient (Wildman–Crippen LogP) is 3.15. The molecule has 0 aromatic heterocycles. The lowest BCUT2D eigenvalue weighted by Gasteiger charge is -2.01. The zero-order chi connectivity index (χ0) is 9.07. The van der Waals surface area contributed by atoms with Gasteiger partial charge in [0.1, 0.15) is 6.67 Å². The Bertz CT molecular complexity index is 66.2. The second kappa shape index (κ2) is 10.9. The van der Waals surface area contributed by atoms with E-state index in [1.807, 2.05) is 0 Å². The van der Waals surface area contributed by atoms with Crippen molar-refractivity contribution in [3.05, 3.63) is 6.92 Å². The monoisotopic (exact) mass is 175 g/mol. The van der Waals surface area contributed by atoms with Crippen LogP contribution in [0.3, 0.4) is 0 Å². The van der Waals surface area contributed by atoms with Gasteiger partial charge >= 0.3 is 0 Å². The quantitative estimate of drug-likeness (QED) is 0.489. The Balaban J connectivity index is 2.73. The summed E-state index contributed by atoms with van der Waals surface area (Å²) in [5.74, 6) is 0. The molecule has 0 saturated carbocycles. The van der Waals surface area contributed by atoms with Gasteiger partial charge in [-0.05, 0) is 6.42 Å². The van der Waals surface area contributed by atoms with Crippen LogP contribution in [0, 0.1) is 6.92 Å². The van der Waals surface area contributed by atoms with Gasteiger partial charge in [0, 0.05) is 6.61 Å². The minimum atomic E-state index is -0.360. The third kappa shape index (κ3) is 9.89. The molecule has 1 nitrogen and oxygen atoms in total. The summed E-state index contributed by atoms with van der Waals surface area (Å²) >= 11 is 0. The topological polar surface area (TPSA) is 9.23 Å². The highest BCUT2D eigenvalue weighted by atomic mass is 19.1. The second-order valence-electron chi connectivity index (χ2n) is 2.92. The lowest BCUT2D eigenvalue weighted by atomic mass is 10.1. The number of hydrogen-bond donors (Lipinski definition) is 0. The Morgan fingerprint density at radius 3 is 2.25 bits per heavy atom. The summed E-state index contributed by atoms with van der Waals surface area (Å²) in [5.41, 5.74) is 0. The number of rotatable bonds is 9. The summed E-state index contributed by atoms with van der Waals surface area (Å²) in [6.45, 7) is 4.40. The molecule has 0 bridgehead atoms. The van der Waals surface area contributed by atoms with Gasteiger partial charge < -0.3 is 4.74 Å². The molecule has 0 aliphatic heterocycles. The van der Waals surface area contributed by atoms with Gasteiger partial charge in [0.05, 0.1) is 6.61 Å². The van der Waals surface area contributed by atoms with Crippen molar-refractivity contribution in [2.75, 3.05) is 19.9 Å². The van der Waals surface area contributed by atoms with E-state index in [1.54, 1.807) is 0 Å². The van der Waals surface area contributed by atoms with E-state index in [0.29, 0.717) is 6.61 Å². The largest absolute Gasteiger partial charge is 0.379 e. The molecule has 0 fully saturated rings. The number of halogens is 1. The van der Waals surface area contributed by atoms with Crippen LogP contribution in [0.25, 0.3) is 0 Å². The van der Waals surface area contributed by atoms with Crippen molar-refractivity contribution in [3.63, 3.8) is 0 Å². The van der Waals surface area contributed by atoms with E-state index >= 15 is 0 Å². The molecule has 0 aliphatic rings.